The Morgan fingerprint density at radius 1 is 0.800 bits per heavy atom. The van der Waals surface area contributed by atoms with Gasteiger partial charge in [0, 0.05) is 6.61 Å². The van der Waals surface area contributed by atoms with E-state index in [1.165, 1.54) is 51.4 Å². The van der Waals surface area contributed by atoms with E-state index in [0.717, 1.165) is 12.8 Å². The molecule has 0 aliphatic rings. The van der Waals surface area contributed by atoms with E-state index in [-0.39, 0.29) is 6.61 Å². The van der Waals surface area contributed by atoms with Gasteiger partial charge in [0.15, 0.2) is 0 Å². The van der Waals surface area contributed by atoms with Crippen LogP contribution in [0.3, 0.4) is 0 Å². The highest BCUT2D eigenvalue weighted by atomic mass is 16.5. The first kappa shape index (κ1) is 24.3. The van der Waals surface area contributed by atoms with Crippen molar-refractivity contribution in [3.63, 3.8) is 0 Å². The second-order valence-electron chi connectivity index (χ2n) is 6.56. The van der Waals surface area contributed by atoms with E-state index in [1.807, 2.05) is 0 Å². The molecule has 4 atom stereocenters. The average Bonchev–Trinajstić information content (AvgIpc) is 2.61. The number of hydrogen-bond donors (Lipinski definition) is 5. The molecule has 0 spiro atoms. The average molecular weight is 363 g/mol. The first-order chi connectivity index (χ1) is 12.0. The summed E-state index contributed by atoms with van der Waals surface area (Å²) in [5.41, 5.74) is 0. The maximum absolute atomic E-state index is 9.71. The van der Waals surface area contributed by atoms with Crippen LogP contribution in [-0.2, 0) is 4.74 Å². The van der Waals surface area contributed by atoms with E-state index in [2.05, 4.69) is 12.1 Å². The van der Waals surface area contributed by atoms with Crippen molar-refractivity contribution < 1.29 is 30.4 Å². The Morgan fingerprint density at radius 3 is 1.84 bits per heavy atom. The highest BCUT2D eigenvalue weighted by molar-refractivity contribution is 5.62. The summed E-state index contributed by atoms with van der Waals surface area (Å²) in [6, 6.07) is 0. The Kier molecular flexibility index (Phi) is 16.2. The molecule has 5 N–H and O–H groups in total. The summed E-state index contributed by atoms with van der Waals surface area (Å²) in [6.45, 7) is 2.58. The molecule has 0 heterocycles. The third-order valence-electron chi connectivity index (χ3n) is 4.24. The van der Waals surface area contributed by atoms with Gasteiger partial charge in [-0.15, -0.1) is 0 Å². The van der Waals surface area contributed by atoms with Crippen molar-refractivity contribution >= 4 is 6.21 Å². The van der Waals surface area contributed by atoms with Crippen LogP contribution < -0.4 is 0 Å². The van der Waals surface area contributed by atoms with Crippen molar-refractivity contribution in [1.82, 2.24) is 0 Å². The number of ether oxygens (including phenoxy) is 1. The van der Waals surface area contributed by atoms with Crippen LogP contribution in [0.25, 0.3) is 0 Å². The predicted octanol–water partition coefficient (Wildman–Crippen LogP) is 1.83. The largest absolute Gasteiger partial charge is 0.411 e. The smallest absolute Gasteiger partial charge is 0.121 e. The lowest BCUT2D eigenvalue weighted by atomic mass is 10.0. The highest BCUT2D eigenvalue weighted by Crippen LogP contribution is 2.11. The number of aliphatic hydroxyl groups excluding tert-OH is 4. The third kappa shape index (κ3) is 13.2. The SMILES string of the molecule is CCCCCCCCCCCCOC[C@@H](O)[C@H](O)[C@H](O)[C@@H](O)/C=N/O. The molecule has 0 radical (unpaired) electrons. The van der Waals surface area contributed by atoms with Gasteiger partial charge in [-0.3, -0.25) is 0 Å². The van der Waals surface area contributed by atoms with Crippen LogP contribution in [-0.4, -0.2) is 69.5 Å². The Labute approximate surface area is 151 Å². The monoisotopic (exact) mass is 363 g/mol. The number of hydrogen-bond acceptors (Lipinski definition) is 7. The van der Waals surface area contributed by atoms with E-state index in [0.29, 0.717) is 12.8 Å². The van der Waals surface area contributed by atoms with E-state index in [1.54, 1.807) is 0 Å². The Hall–Kier alpha value is -0.730. The lowest BCUT2D eigenvalue weighted by Gasteiger charge is -2.24. The van der Waals surface area contributed by atoms with Crippen LogP contribution in [0.4, 0.5) is 0 Å². The van der Waals surface area contributed by atoms with Gasteiger partial charge in [0.1, 0.15) is 24.4 Å². The zero-order valence-corrected chi connectivity index (χ0v) is 15.5. The molecule has 0 amide bonds. The standard InChI is InChI=1S/C18H37NO6/c1-2-3-4-5-6-7-8-9-10-11-12-25-14-16(21)18(23)17(22)15(20)13-19-24/h13,15-18,20-24H,2-12,14H2,1H3/b19-13+/t15-,16+,17+,18-/m0/s1. The maximum Gasteiger partial charge on any atom is 0.121 e. The van der Waals surface area contributed by atoms with Gasteiger partial charge in [-0.2, -0.15) is 0 Å². The highest BCUT2D eigenvalue weighted by Gasteiger charge is 2.29. The molecule has 7 nitrogen and oxygen atoms in total. The number of aliphatic hydroxyl groups is 4. The second kappa shape index (κ2) is 16.7. The van der Waals surface area contributed by atoms with Gasteiger partial charge in [-0.25, -0.2) is 0 Å². The number of rotatable bonds is 17. The maximum atomic E-state index is 9.71. The fourth-order valence-corrected chi connectivity index (χ4v) is 2.58. The van der Waals surface area contributed by atoms with Gasteiger partial charge < -0.3 is 30.4 Å². The number of nitrogens with zero attached hydrogens (tertiary/aromatic N) is 1. The van der Waals surface area contributed by atoms with Crippen molar-refractivity contribution in [1.29, 1.82) is 0 Å². The molecule has 0 aliphatic carbocycles. The minimum Gasteiger partial charge on any atom is -0.411 e. The predicted molar refractivity (Wildman–Crippen MR) is 97.0 cm³/mol. The lowest BCUT2D eigenvalue weighted by molar-refractivity contribution is -0.109. The van der Waals surface area contributed by atoms with E-state index in [4.69, 9.17) is 9.94 Å². The van der Waals surface area contributed by atoms with Crippen molar-refractivity contribution in [2.45, 2.75) is 95.5 Å². The summed E-state index contributed by atoms with van der Waals surface area (Å²) in [4.78, 5) is 0. The Balaban J connectivity index is 3.52. The molecule has 0 aliphatic heterocycles. The molecule has 0 saturated carbocycles. The van der Waals surface area contributed by atoms with Crippen LogP contribution in [0.5, 0.6) is 0 Å². The van der Waals surface area contributed by atoms with Gasteiger partial charge >= 0.3 is 0 Å². The third-order valence-corrected chi connectivity index (χ3v) is 4.24. The van der Waals surface area contributed by atoms with Crippen molar-refractivity contribution in [3.05, 3.63) is 0 Å². The molecule has 7 heteroatoms. The van der Waals surface area contributed by atoms with Crippen LogP contribution in [0, 0.1) is 0 Å². The van der Waals surface area contributed by atoms with E-state index < -0.39 is 24.4 Å². The minimum absolute atomic E-state index is 0.126. The van der Waals surface area contributed by atoms with Crippen molar-refractivity contribution in [2.75, 3.05) is 13.2 Å². The molecule has 0 bridgehead atoms. The van der Waals surface area contributed by atoms with Gasteiger partial charge in [0.2, 0.25) is 0 Å². The fourth-order valence-electron chi connectivity index (χ4n) is 2.58. The molecule has 0 aromatic carbocycles. The summed E-state index contributed by atoms with van der Waals surface area (Å²) < 4.78 is 5.29. The zero-order chi connectivity index (χ0) is 18.9. The summed E-state index contributed by atoms with van der Waals surface area (Å²) in [5, 5.41) is 49.1. The van der Waals surface area contributed by atoms with Gasteiger partial charge in [0.25, 0.3) is 0 Å². The first-order valence-corrected chi connectivity index (χ1v) is 9.52. The van der Waals surface area contributed by atoms with Crippen LogP contribution in [0.2, 0.25) is 0 Å². The molecular formula is C18H37NO6. The van der Waals surface area contributed by atoms with Crippen LogP contribution in [0.15, 0.2) is 5.16 Å². The minimum atomic E-state index is -1.65. The molecule has 0 unspecified atom stereocenters. The fraction of sp³-hybridized carbons (Fsp3) is 0.944. The summed E-state index contributed by atoms with van der Waals surface area (Å²) in [6.07, 6.45) is 6.84. The van der Waals surface area contributed by atoms with Crippen LogP contribution in [0.1, 0.15) is 71.1 Å². The first-order valence-electron chi connectivity index (χ1n) is 9.52. The lowest BCUT2D eigenvalue weighted by Crippen LogP contribution is -2.46. The molecule has 0 aromatic rings. The number of oxime groups is 1. The molecule has 0 rings (SSSR count). The quantitative estimate of drug-likeness (QED) is 0.116. The molecule has 0 fully saturated rings. The summed E-state index contributed by atoms with van der Waals surface area (Å²) in [7, 11) is 0. The molecule has 150 valence electrons. The molecule has 0 saturated heterocycles. The second-order valence-corrected chi connectivity index (χ2v) is 6.56. The van der Waals surface area contributed by atoms with E-state index in [9.17, 15) is 20.4 Å². The molecule has 0 aromatic heterocycles. The van der Waals surface area contributed by atoms with Gasteiger partial charge in [0.05, 0.1) is 12.8 Å². The number of unbranched alkanes of at least 4 members (excludes halogenated alkanes) is 9. The van der Waals surface area contributed by atoms with Crippen LogP contribution >= 0.6 is 0 Å². The van der Waals surface area contributed by atoms with Crippen molar-refractivity contribution in [3.8, 4) is 0 Å². The van der Waals surface area contributed by atoms with Gasteiger partial charge in [-0.05, 0) is 6.42 Å². The Morgan fingerprint density at radius 2 is 1.32 bits per heavy atom. The Bertz CT molecular complexity index is 316. The molecule has 25 heavy (non-hydrogen) atoms. The molecular weight excluding hydrogens is 326 g/mol. The summed E-state index contributed by atoms with van der Waals surface area (Å²) in [5.74, 6) is 0. The normalized spacial score (nSPS) is 16.8. The summed E-state index contributed by atoms with van der Waals surface area (Å²) >= 11 is 0. The van der Waals surface area contributed by atoms with Gasteiger partial charge in [-0.1, -0.05) is 69.9 Å². The van der Waals surface area contributed by atoms with Crippen molar-refractivity contribution in [2.24, 2.45) is 5.16 Å². The zero-order valence-electron chi connectivity index (χ0n) is 15.5. The topological polar surface area (TPSA) is 123 Å². The van der Waals surface area contributed by atoms with E-state index >= 15 is 0 Å².